The number of carbonyl (C=O) groups is 4. The lowest BCUT2D eigenvalue weighted by Gasteiger charge is -1.81. The molecule has 0 aliphatic heterocycles. The molecule has 4 amide bonds. The summed E-state index contributed by atoms with van der Waals surface area (Å²) >= 11 is 0. The van der Waals surface area contributed by atoms with Gasteiger partial charge in [-0.25, -0.2) is 0 Å². The van der Waals surface area contributed by atoms with Gasteiger partial charge in [0.1, 0.15) is 0 Å². The fourth-order valence-electron chi connectivity index (χ4n) is 0.447. The third kappa shape index (κ3) is 36.0. The molecule has 0 aromatic heterocycles. The molecule has 0 atom stereocenters. The van der Waals surface area contributed by atoms with Crippen LogP contribution < -0.4 is 22.9 Å². The fraction of sp³-hybridized carbons (Fsp3) is 0.143. The fourth-order valence-corrected chi connectivity index (χ4v) is 0.447. The van der Waals surface area contributed by atoms with Crippen molar-refractivity contribution in [2.24, 2.45) is 22.9 Å². The van der Waals surface area contributed by atoms with E-state index in [0.29, 0.717) is 12.0 Å². The van der Waals surface area contributed by atoms with Gasteiger partial charge >= 0.3 is 0 Å². The van der Waals surface area contributed by atoms with Crippen LogP contribution in [-0.2, 0) is 19.2 Å². The lowest BCUT2D eigenvalue weighted by molar-refractivity contribution is -0.115. The first kappa shape index (κ1) is 23.9. The Morgan fingerprint density at radius 2 is 1.14 bits per heavy atom. The molecule has 0 fully saturated rings. The Labute approximate surface area is 129 Å². The van der Waals surface area contributed by atoms with E-state index in [1.54, 1.807) is 19.1 Å². The smallest absolute Gasteiger partial charge is 0.243 e. The van der Waals surface area contributed by atoms with Gasteiger partial charge in [0.25, 0.3) is 0 Å². The van der Waals surface area contributed by atoms with E-state index >= 15 is 0 Å². The summed E-state index contributed by atoms with van der Waals surface area (Å²) in [6.45, 7) is 7.94. The molecule has 0 rings (SSSR count). The molecule has 0 bridgehead atoms. The summed E-state index contributed by atoms with van der Waals surface area (Å²) < 4.78 is 0. The molecule has 8 N–H and O–H groups in total. The molecule has 8 heteroatoms. The highest BCUT2D eigenvalue weighted by Crippen LogP contribution is 1.84. The summed E-state index contributed by atoms with van der Waals surface area (Å²) in [5.41, 5.74) is 19.2. The van der Waals surface area contributed by atoms with Crippen LogP contribution in [0.25, 0.3) is 0 Å². The molecule has 8 nitrogen and oxygen atoms in total. The van der Waals surface area contributed by atoms with E-state index < -0.39 is 23.6 Å². The van der Waals surface area contributed by atoms with E-state index in [1.165, 1.54) is 12.2 Å². The predicted octanol–water partition coefficient (Wildman–Crippen LogP) is -0.835. The van der Waals surface area contributed by atoms with E-state index in [1.807, 2.05) is 0 Å². The highest BCUT2D eigenvalue weighted by molar-refractivity contribution is 5.90. The molecular weight excluding hydrogens is 288 g/mol. The minimum Gasteiger partial charge on any atom is -0.366 e. The summed E-state index contributed by atoms with van der Waals surface area (Å²) in [5, 5.41) is 0. The third-order valence-electron chi connectivity index (χ3n) is 1.46. The highest BCUT2D eigenvalue weighted by atomic mass is 16.2. The summed E-state index contributed by atoms with van der Waals surface area (Å²) in [7, 11) is 0. The highest BCUT2D eigenvalue weighted by Gasteiger charge is 1.86. The zero-order valence-corrected chi connectivity index (χ0v) is 12.5. The van der Waals surface area contributed by atoms with Gasteiger partial charge in [-0.1, -0.05) is 25.3 Å². The Morgan fingerprint density at radius 3 is 1.27 bits per heavy atom. The summed E-state index contributed by atoms with van der Waals surface area (Å²) in [4.78, 5) is 39.5. The van der Waals surface area contributed by atoms with Crippen molar-refractivity contribution < 1.29 is 19.2 Å². The van der Waals surface area contributed by atoms with Crippen LogP contribution in [0.5, 0.6) is 0 Å². The predicted molar refractivity (Wildman–Crippen MR) is 84.7 cm³/mol. The van der Waals surface area contributed by atoms with Crippen LogP contribution in [-0.4, -0.2) is 23.6 Å². The largest absolute Gasteiger partial charge is 0.366 e. The minimum atomic E-state index is -0.502. The first-order chi connectivity index (χ1) is 10.0. The van der Waals surface area contributed by atoms with Gasteiger partial charge < -0.3 is 22.9 Å². The van der Waals surface area contributed by atoms with Gasteiger partial charge in [-0.2, -0.15) is 0 Å². The van der Waals surface area contributed by atoms with Gasteiger partial charge in [0.05, 0.1) is 0 Å². The maximum Gasteiger partial charge on any atom is 0.243 e. The van der Waals surface area contributed by atoms with Gasteiger partial charge in [0, 0.05) is 5.57 Å². The summed E-state index contributed by atoms with van der Waals surface area (Å²) in [6.07, 6.45) is 7.08. The molecule has 0 saturated carbocycles. The quantitative estimate of drug-likeness (QED) is 0.469. The van der Waals surface area contributed by atoms with Gasteiger partial charge in [0.2, 0.25) is 23.6 Å². The number of carbonyl (C=O) groups excluding carboxylic acids is 4. The van der Waals surface area contributed by atoms with Crippen LogP contribution >= 0.6 is 0 Å². The molecule has 0 radical (unpaired) electrons. The van der Waals surface area contributed by atoms with Crippen molar-refractivity contribution in [1.82, 2.24) is 0 Å². The molecule has 0 spiro atoms. The molecule has 0 aromatic rings. The number of rotatable bonds is 6. The van der Waals surface area contributed by atoms with E-state index in [2.05, 4.69) is 18.9 Å². The molecule has 122 valence electrons. The lowest BCUT2D eigenvalue weighted by Crippen LogP contribution is -2.10. The Hall–Kier alpha value is -3.16. The molecule has 0 saturated heterocycles. The van der Waals surface area contributed by atoms with Crippen LogP contribution in [0.2, 0.25) is 0 Å². The standard InChI is InChI=1S/C7H10N2O2.C4H7NO.C3H5NO/c8-6(10)4-2-1-3-5-7(9)11;1-3(2)4(5)6;1-2-3(4)5/h2-5H,1H2,(H2,8,10)(H2,9,11);1H2,2H3,(H2,5,6);2H,1H2,(H2,4,5). The maximum absolute atomic E-state index is 10.1. The van der Waals surface area contributed by atoms with Crippen LogP contribution in [0.15, 0.2) is 49.1 Å². The van der Waals surface area contributed by atoms with E-state index in [0.717, 1.165) is 6.08 Å². The van der Waals surface area contributed by atoms with Crippen molar-refractivity contribution in [2.75, 3.05) is 0 Å². The molecule has 22 heavy (non-hydrogen) atoms. The van der Waals surface area contributed by atoms with Crippen LogP contribution in [0.3, 0.4) is 0 Å². The van der Waals surface area contributed by atoms with E-state index in [9.17, 15) is 19.2 Å². The Kier molecular flexibility index (Phi) is 17.3. The molecule has 0 heterocycles. The van der Waals surface area contributed by atoms with Crippen molar-refractivity contribution >= 4 is 23.6 Å². The second-order valence-electron chi connectivity index (χ2n) is 3.60. The maximum atomic E-state index is 10.1. The second kappa shape index (κ2) is 15.9. The van der Waals surface area contributed by atoms with Crippen molar-refractivity contribution in [3.8, 4) is 0 Å². The second-order valence-corrected chi connectivity index (χ2v) is 3.60. The average Bonchev–Trinajstić information content (AvgIpc) is 2.38. The number of nitrogens with two attached hydrogens (primary N) is 4. The lowest BCUT2D eigenvalue weighted by atomic mass is 10.3. The molecule has 0 aliphatic rings. The van der Waals surface area contributed by atoms with Crippen LogP contribution in [0, 0.1) is 0 Å². The monoisotopic (exact) mass is 310 g/mol. The zero-order valence-electron chi connectivity index (χ0n) is 12.5. The van der Waals surface area contributed by atoms with Gasteiger partial charge in [-0.3, -0.25) is 19.2 Å². The van der Waals surface area contributed by atoms with E-state index in [-0.39, 0.29) is 0 Å². The zero-order chi connectivity index (χ0) is 18.1. The van der Waals surface area contributed by atoms with E-state index in [4.69, 9.17) is 17.2 Å². The van der Waals surface area contributed by atoms with Crippen LogP contribution in [0.4, 0.5) is 0 Å². The Morgan fingerprint density at radius 1 is 0.864 bits per heavy atom. The first-order valence-corrected chi connectivity index (χ1v) is 5.83. The number of allylic oxidation sites excluding steroid dienone is 2. The van der Waals surface area contributed by atoms with Crippen LogP contribution in [0.1, 0.15) is 13.3 Å². The van der Waals surface area contributed by atoms with Crippen molar-refractivity contribution in [3.05, 3.63) is 49.1 Å². The Bertz CT molecular complexity index is 445. The molecule has 0 aromatic carbocycles. The number of hydrogen-bond acceptors (Lipinski definition) is 4. The SMILES string of the molecule is C=C(C)C(N)=O.C=CC(N)=O.NC(=O)C=CCC=CC(N)=O. The molecule has 0 unspecified atom stereocenters. The number of hydrogen-bond donors (Lipinski definition) is 4. The topological polar surface area (TPSA) is 172 Å². The molecule has 0 aliphatic carbocycles. The first-order valence-electron chi connectivity index (χ1n) is 5.83. The van der Waals surface area contributed by atoms with Crippen molar-refractivity contribution in [2.45, 2.75) is 13.3 Å². The number of amides is 4. The molecular formula is C14H22N4O4. The summed E-state index contributed by atoms with van der Waals surface area (Å²) in [6, 6.07) is 0. The van der Waals surface area contributed by atoms with Gasteiger partial charge in [-0.15, -0.1) is 0 Å². The normalized spacial score (nSPS) is 8.95. The van der Waals surface area contributed by atoms with Crippen molar-refractivity contribution in [1.29, 1.82) is 0 Å². The number of primary amides is 4. The summed E-state index contributed by atoms with van der Waals surface area (Å²) in [5.74, 6) is -1.92. The minimum absolute atomic E-state index is 0.398. The third-order valence-corrected chi connectivity index (χ3v) is 1.46. The Balaban J connectivity index is -0.000000277. The van der Waals surface area contributed by atoms with Crippen molar-refractivity contribution in [3.63, 3.8) is 0 Å². The average molecular weight is 310 g/mol. The van der Waals surface area contributed by atoms with Gasteiger partial charge in [-0.05, 0) is 31.6 Å². The van der Waals surface area contributed by atoms with Gasteiger partial charge in [0.15, 0.2) is 0 Å².